The summed E-state index contributed by atoms with van der Waals surface area (Å²) in [7, 11) is 0. The lowest BCUT2D eigenvalue weighted by molar-refractivity contribution is -0.136. The molecule has 1 aromatic carbocycles. The third-order valence-electron chi connectivity index (χ3n) is 2.26. The maximum Gasteiger partial charge on any atom is 0.314 e. The SMILES string of the molecule is O=C(O)CCNC(=O)NCCc1ccc(O)cc1. The molecule has 2 amide bonds. The van der Waals surface area contributed by atoms with E-state index in [2.05, 4.69) is 10.6 Å². The molecule has 0 aliphatic rings. The third kappa shape index (κ3) is 5.74. The molecule has 1 rings (SSSR count). The predicted octanol–water partition coefficient (Wildman–Crippen LogP) is 0.709. The number of hydrogen-bond donors (Lipinski definition) is 4. The van der Waals surface area contributed by atoms with E-state index >= 15 is 0 Å². The van der Waals surface area contributed by atoms with Crippen LogP contribution in [-0.4, -0.2) is 35.3 Å². The molecule has 1 aromatic rings. The largest absolute Gasteiger partial charge is 0.508 e. The molecule has 0 saturated carbocycles. The molecule has 0 unspecified atom stereocenters. The lowest BCUT2D eigenvalue weighted by atomic mass is 10.1. The number of amides is 2. The van der Waals surface area contributed by atoms with Gasteiger partial charge in [0, 0.05) is 13.1 Å². The van der Waals surface area contributed by atoms with Gasteiger partial charge in [-0.2, -0.15) is 0 Å². The molecule has 0 spiro atoms. The van der Waals surface area contributed by atoms with Crippen LogP contribution in [0.15, 0.2) is 24.3 Å². The Balaban J connectivity index is 2.15. The first-order chi connectivity index (χ1) is 8.58. The molecular formula is C12H16N2O4. The number of aromatic hydroxyl groups is 1. The standard InChI is InChI=1S/C12H16N2O4/c15-10-3-1-9(2-4-10)5-7-13-12(18)14-8-6-11(16)17/h1-4,15H,5-8H2,(H,16,17)(H2,13,14,18). The van der Waals surface area contributed by atoms with E-state index in [0.717, 1.165) is 5.56 Å². The first-order valence-corrected chi connectivity index (χ1v) is 5.59. The fourth-order valence-electron chi connectivity index (χ4n) is 1.33. The maximum absolute atomic E-state index is 11.2. The van der Waals surface area contributed by atoms with Gasteiger partial charge in [0.05, 0.1) is 6.42 Å². The van der Waals surface area contributed by atoms with E-state index in [1.807, 2.05) is 0 Å². The van der Waals surface area contributed by atoms with E-state index in [0.29, 0.717) is 13.0 Å². The van der Waals surface area contributed by atoms with Crippen molar-refractivity contribution in [2.75, 3.05) is 13.1 Å². The highest BCUT2D eigenvalue weighted by molar-refractivity contribution is 5.74. The van der Waals surface area contributed by atoms with Crippen molar-refractivity contribution in [3.05, 3.63) is 29.8 Å². The van der Waals surface area contributed by atoms with E-state index in [1.54, 1.807) is 24.3 Å². The van der Waals surface area contributed by atoms with E-state index in [4.69, 9.17) is 10.2 Å². The fourth-order valence-corrected chi connectivity index (χ4v) is 1.33. The molecule has 6 heteroatoms. The predicted molar refractivity (Wildman–Crippen MR) is 65.5 cm³/mol. The maximum atomic E-state index is 11.2. The Bertz CT molecular complexity index is 403. The van der Waals surface area contributed by atoms with Gasteiger partial charge in [0.2, 0.25) is 0 Å². The van der Waals surface area contributed by atoms with E-state index in [1.165, 1.54) is 0 Å². The summed E-state index contributed by atoms with van der Waals surface area (Å²) in [5, 5.41) is 22.5. The fraction of sp³-hybridized carbons (Fsp3) is 0.333. The first-order valence-electron chi connectivity index (χ1n) is 5.59. The highest BCUT2D eigenvalue weighted by Crippen LogP contribution is 2.09. The van der Waals surface area contributed by atoms with Crippen LogP contribution in [-0.2, 0) is 11.2 Å². The summed E-state index contributed by atoms with van der Waals surface area (Å²) < 4.78 is 0. The summed E-state index contributed by atoms with van der Waals surface area (Å²) in [5.74, 6) is -0.738. The second-order valence-electron chi connectivity index (χ2n) is 3.74. The molecule has 0 radical (unpaired) electrons. The number of aliphatic carboxylic acids is 1. The number of nitrogens with one attached hydrogen (secondary N) is 2. The van der Waals surface area contributed by atoms with E-state index in [-0.39, 0.29) is 24.7 Å². The Morgan fingerprint density at radius 2 is 1.67 bits per heavy atom. The second kappa shape index (κ2) is 7.16. The number of carbonyl (C=O) groups excluding carboxylic acids is 1. The van der Waals surface area contributed by atoms with Crippen LogP contribution in [0.4, 0.5) is 4.79 Å². The summed E-state index contributed by atoms with van der Waals surface area (Å²) in [6.45, 7) is 0.560. The van der Waals surface area contributed by atoms with Crippen LogP contribution >= 0.6 is 0 Å². The van der Waals surface area contributed by atoms with Crippen LogP contribution in [0.1, 0.15) is 12.0 Å². The van der Waals surface area contributed by atoms with Crippen molar-refractivity contribution >= 4 is 12.0 Å². The van der Waals surface area contributed by atoms with Crippen LogP contribution in [0.3, 0.4) is 0 Å². The Kier molecular flexibility index (Phi) is 5.50. The molecule has 0 aliphatic heterocycles. The molecule has 6 nitrogen and oxygen atoms in total. The molecule has 0 atom stereocenters. The van der Waals surface area contributed by atoms with Crippen molar-refractivity contribution in [2.24, 2.45) is 0 Å². The number of phenolic OH excluding ortho intramolecular Hbond substituents is 1. The normalized spacial score (nSPS) is 9.78. The van der Waals surface area contributed by atoms with Crippen molar-refractivity contribution in [2.45, 2.75) is 12.8 Å². The molecular weight excluding hydrogens is 236 g/mol. The number of carboxylic acids is 1. The van der Waals surface area contributed by atoms with Gasteiger partial charge in [-0.3, -0.25) is 4.79 Å². The summed E-state index contributed by atoms with van der Waals surface area (Å²) >= 11 is 0. The highest BCUT2D eigenvalue weighted by atomic mass is 16.4. The lowest BCUT2D eigenvalue weighted by Gasteiger charge is -2.06. The number of hydrogen-bond acceptors (Lipinski definition) is 3. The van der Waals surface area contributed by atoms with Gasteiger partial charge in [-0.05, 0) is 24.1 Å². The first kappa shape index (κ1) is 13.8. The third-order valence-corrected chi connectivity index (χ3v) is 2.26. The number of benzene rings is 1. The van der Waals surface area contributed by atoms with Crippen molar-refractivity contribution in [1.82, 2.24) is 10.6 Å². The zero-order valence-corrected chi connectivity index (χ0v) is 9.85. The summed E-state index contributed by atoms with van der Waals surface area (Å²) in [4.78, 5) is 21.4. The smallest absolute Gasteiger partial charge is 0.314 e. The Morgan fingerprint density at radius 3 is 2.28 bits per heavy atom. The van der Waals surface area contributed by atoms with Gasteiger partial charge < -0.3 is 20.8 Å². The minimum atomic E-state index is -0.945. The zero-order valence-electron chi connectivity index (χ0n) is 9.85. The molecule has 0 saturated heterocycles. The van der Waals surface area contributed by atoms with Gasteiger partial charge in [0.1, 0.15) is 5.75 Å². The van der Waals surface area contributed by atoms with Crippen LogP contribution in [0.2, 0.25) is 0 Å². The zero-order chi connectivity index (χ0) is 13.4. The quantitative estimate of drug-likeness (QED) is 0.599. The van der Waals surface area contributed by atoms with Gasteiger partial charge in [0.15, 0.2) is 0 Å². The van der Waals surface area contributed by atoms with Crippen LogP contribution < -0.4 is 10.6 Å². The van der Waals surface area contributed by atoms with E-state index in [9.17, 15) is 9.59 Å². The number of rotatable bonds is 6. The topological polar surface area (TPSA) is 98.7 Å². The molecule has 0 fully saturated rings. The van der Waals surface area contributed by atoms with Gasteiger partial charge >= 0.3 is 12.0 Å². The summed E-state index contributed by atoms with van der Waals surface area (Å²) in [6, 6.07) is 6.35. The highest BCUT2D eigenvalue weighted by Gasteiger charge is 2.01. The average Bonchev–Trinajstić information content (AvgIpc) is 2.31. The number of carbonyl (C=O) groups is 2. The summed E-state index contributed by atoms with van der Waals surface area (Å²) in [5.41, 5.74) is 0.999. The monoisotopic (exact) mass is 252 g/mol. The van der Waals surface area contributed by atoms with Gasteiger partial charge in [-0.25, -0.2) is 4.79 Å². The van der Waals surface area contributed by atoms with Gasteiger partial charge in [0.25, 0.3) is 0 Å². The Labute approximate surface area is 105 Å². The van der Waals surface area contributed by atoms with Crippen molar-refractivity contribution in [1.29, 1.82) is 0 Å². The Morgan fingerprint density at radius 1 is 1.06 bits per heavy atom. The molecule has 0 bridgehead atoms. The minimum Gasteiger partial charge on any atom is -0.508 e. The molecule has 18 heavy (non-hydrogen) atoms. The molecule has 98 valence electrons. The molecule has 0 aromatic heterocycles. The van der Waals surface area contributed by atoms with Crippen LogP contribution in [0.5, 0.6) is 5.75 Å². The molecule has 4 N–H and O–H groups in total. The number of carboxylic acid groups (broad SMARTS) is 1. The van der Waals surface area contributed by atoms with Crippen LogP contribution in [0, 0.1) is 0 Å². The van der Waals surface area contributed by atoms with Gasteiger partial charge in [-0.15, -0.1) is 0 Å². The van der Waals surface area contributed by atoms with Gasteiger partial charge in [-0.1, -0.05) is 12.1 Å². The lowest BCUT2D eigenvalue weighted by Crippen LogP contribution is -2.37. The second-order valence-corrected chi connectivity index (χ2v) is 3.74. The van der Waals surface area contributed by atoms with Crippen LogP contribution in [0.25, 0.3) is 0 Å². The number of urea groups is 1. The Hall–Kier alpha value is -2.24. The number of phenols is 1. The minimum absolute atomic E-state index is 0.0919. The molecule has 0 aliphatic carbocycles. The van der Waals surface area contributed by atoms with E-state index < -0.39 is 5.97 Å². The van der Waals surface area contributed by atoms with Crippen molar-refractivity contribution in [3.63, 3.8) is 0 Å². The average molecular weight is 252 g/mol. The summed E-state index contributed by atoms with van der Waals surface area (Å²) in [6.07, 6.45) is 0.554. The van der Waals surface area contributed by atoms with Crippen molar-refractivity contribution < 1.29 is 19.8 Å². The molecule has 0 heterocycles. The van der Waals surface area contributed by atoms with Crippen molar-refractivity contribution in [3.8, 4) is 5.75 Å².